The van der Waals surface area contributed by atoms with Gasteiger partial charge in [0.05, 0.1) is 23.0 Å². The van der Waals surface area contributed by atoms with Gasteiger partial charge in [-0.05, 0) is 25.0 Å². The Balaban J connectivity index is 1.79. The van der Waals surface area contributed by atoms with E-state index in [0.717, 1.165) is 32.0 Å². The minimum absolute atomic E-state index is 0.0541. The SMILES string of the molecule is O=c1c(F)cn([C@H]2CCCO2)c(=O)n1Cc1nc2ccccc2s1. The lowest BCUT2D eigenvalue weighted by Gasteiger charge is -2.15. The van der Waals surface area contributed by atoms with Gasteiger partial charge in [0.2, 0.25) is 5.82 Å². The Morgan fingerprint density at radius 3 is 2.92 bits per heavy atom. The van der Waals surface area contributed by atoms with E-state index >= 15 is 0 Å². The number of rotatable bonds is 3. The summed E-state index contributed by atoms with van der Waals surface area (Å²) in [5.74, 6) is -0.966. The second kappa shape index (κ2) is 5.95. The second-order valence-corrected chi connectivity index (χ2v) is 6.72. The summed E-state index contributed by atoms with van der Waals surface area (Å²) in [6.07, 6.45) is 1.85. The number of nitrogens with zero attached hydrogens (tertiary/aromatic N) is 3. The van der Waals surface area contributed by atoms with Crippen LogP contribution in [0, 0.1) is 5.82 Å². The van der Waals surface area contributed by atoms with Crippen LogP contribution in [0.3, 0.4) is 0 Å². The molecule has 124 valence electrons. The van der Waals surface area contributed by atoms with Crippen molar-refractivity contribution in [2.75, 3.05) is 6.61 Å². The Morgan fingerprint density at radius 1 is 1.33 bits per heavy atom. The van der Waals surface area contributed by atoms with E-state index in [1.807, 2.05) is 24.3 Å². The molecule has 0 radical (unpaired) electrons. The topological polar surface area (TPSA) is 66.1 Å². The highest BCUT2D eigenvalue weighted by molar-refractivity contribution is 7.18. The van der Waals surface area contributed by atoms with E-state index in [0.29, 0.717) is 18.0 Å². The Morgan fingerprint density at radius 2 is 2.17 bits per heavy atom. The van der Waals surface area contributed by atoms with Crippen molar-refractivity contribution in [1.29, 1.82) is 0 Å². The quantitative estimate of drug-likeness (QED) is 0.728. The summed E-state index contributed by atoms with van der Waals surface area (Å²) in [6, 6.07) is 7.53. The number of aromatic nitrogens is 3. The molecule has 1 aliphatic heterocycles. The normalized spacial score (nSPS) is 17.6. The van der Waals surface area contributed by atoms with E-state index in [1.54, 1.807) is 0 Å². The van der Waals surface area contributed by atoms with Crippen molar-refractivity contribution in [3.63, 3.8) is 0 Å². The fourth-order valence-electron chi connectivity index (χ4n) is 2.84. The predicted molar refractivity (Wildman–Crippen MR) is 87.9 cm³/mol. The number of benzene rings is 1. The molecule has 3 aromatic rings. The van der Waals surface area contributed by atoms with Crippen LogP contribution in [0.4, 0.5) is 4.39 Å². The molecule has 0 unspecified atom stereocenters. The minimum Gasteiger partial charge on any atom is -0.358 e. The molecule has 0 saturated carbocycles. The first-order chi connectivity index (χ1) is 11.6. The molecule has 2 aromatic heterocycles. The molecular formula is C16H14FN3O3S. The molecule has 0 N–H and O–H groups in total. The first-order valence-corrected chi connectivity index (χ1v) is 8.42. The van der Waals surface area contributed by atoms with Gasteiger partial charge in [-0.25, -0.2) is 9.78 Å². The van der Waals surface area contributed by atoms with Crippen molar-refractivity contribution in [2.45, 2.75) is 25.6 Å². The van der Waals surface area contributed by atoms with Crippen LogP contribution >= 0.6 is 11.3 Å². The summed E-state index contributed by atoms with van der Waals surface area (Å²) in [7, 11) is 0. The number of ether oxygens (including phenoxy) is 1. The maximum Gasteiger partial charge on any atom is 0.333 e. The summed E-state index contributed by atoms with van der Waals surface area (Å²) in [5.41, 5.74) is -0.720. The Bertz CT molecular complexity index is 984. The molecule has 1 fully saturated rings. The number of hydrogen-bond acceptors (Lipinski definition) is 5. The first-order valence-electron chi connectivity index (χ1n) is 7.61. The maximum atomic E-state index is 14.0. The van der Waals surface area contributed by atoms with Crippen molar-refractivity contribution >= 4 is 21.6 Å². The molecule has 1 atom stereocenters. The lowest BCUT2D eigenvalue weighted by molar-refractivity contribution is 0.0504. The maximum absolute atomic E-state index is 14.0. The monoisotopic (exact) mass is 347 g/mol. The lowest BCUT2D eigenvalue weighted by atomic mass is 10.3. The average Bonchev–Trinajstić information content (AvgIpc) is 3.23. The van der Waals surface area contributed by atoms with Crippen LogP contribution in [0.15, 0.2) is 40.1 Å². The Hall–Kier alpha value is -2.32. The van der Waals surface area contributed by atoms with Gasteiger partial charge < -0.3 is 4.74 Å². The van der Waals surface area contributed by atoms with Gasteiger partial charge in [0, 0.05) is 6.61 Å². The van der Waals surface area contributed by atoms with Crippen LogP contribution < -0.4 is 11.2 Å². The van der Waals surface area contributed by atoms with E-state index in [-0.39, 0.29) is 6.54 Å². The third kappa shape index (κ3) is 2.57. The highest BCUT2D eigenvalue weighted by Crippen LogP contribution is 2.22. The van der Waals surface area contributed by atoms with Crippen molar-refractivity contribution in [1.82, 2.24) is 14.1 Å². The zero-order chi connectivity index (χ0) is 16.7. The summed E-state index contributed by atoms with van der Waals surface area (Å²) in [5, 5.41) is 0.583. The smallest absolute Gasteiger partial charge is 0.333 e. The van der Waals surface area contributed by atoms with E-state index < -0.39 is 23.3 Å². The second-order valence-electron chi connectivity index (χ2n) is 5.60. The zero-order valence-electron chi connectivity index (χ0n) is 12.6. The molecule has 0 amide bonds. The van der Waals surface area contributed by atoms with Crippen LogP contribution in [-0.4, -0.2) is 20.7 Å². The fraction of sp³-hybridized carbons (Fsp3) is 0.312. The summed E-state index contributed by atoms with van der Waals surface area (Å²) in [6.45, 7) is 0.469. The molecule has 0 spiro atoms. The third-order valence-corrected chi connectivity index (χ3v) is 5.02. The first kappa shape index (κ1) is 15.2. The van der Waals surface area contributed by atoms with Gasteiger partial charge in [-0.2, -0.15) is 4.39 Å². The fourth-order valence-corrected chi connectivity index (χ4v) is 3.79. The molecular weight excluding hydrogens is 333 g/mol. The van der Waals surface area contributed by atoms with E-state index in [2.05, 4.69) is 4.98 Å². The molecule has 0 aliphatic carbocycles. The Kier molecular flexibility index (Phi) is 3.78. The van der Waals surface area contributed by atoms with Crippen molar-refractivity contribution in [3.05, 3.63) is 62.1 Å². The molecule has 1 aromatic carbocycles. The predicted octanol–water partition coefficient (Wildman–Crippen LogP) is 2.12. The van der Waals surface area contributed by atoms with E-state index in [4.69, 9.17) is 4.74 Å². The van der Waals surface area contributed by atoms with E-state index in [9.17, 15) is 14.0 Å². The van der Waals surface area contributed by atoms with Crippen LogP contribution in [0.1, 0.15) is 24.1 Å². The van der Waals surface area contributed by atoms with Crippen LogP contribution in [-0.2, 0) is 11.3 Å². The zero-order valence-corrected chi connectivity index (χ0v) is 13.5. The largest absolute Gasteiger partial charge is 0.358 e. The minimum atomic E-state index is -0.966. The van der Waals surface area contributed by atoms with Crippen molar-refractivity contribution < 1.29 is 9.13 Å². The molecule has 1 aliphatic rings. The van der Waals surface area contributed by atoms with Crippen LogP contribution in [0.5, 0.6) is 0 Å². The van der Waals surface area contributed by atoms with Gasteiger partial charge in [-0.15, -0.1) is 11.3 Å². The number of para-hydroxylation sites is 1. The molecule has 0 bridgehead atoms. The van der Waals surface area contributed by atoms with Gasteiger partial charge in [0.25, 0.3) is 5.56 Å². The summed E-state index contributed by atoms with van der Waals surface area (Å²) >= 11 is 1.38. The van der Waals surface area contributed by atoms with Crippen molar-refractivity contribution in [3.8, 4) is 0 Å². The molecule has 8 heteroatoms. The standard InChI is InChI=1S/C16H14FN3O3S/c17-10-8-19(14-6-3-7-23-14)16(22)20(15(10)21)9-13-18-11-4-1-2-5-12(11)24-13/h1-2,4-5,8,14H,3,6-7,9H2/t14-/m1/s1. The highest BCUT2D eigenvalue weighted by Gasteiger charge is 2.22. The van der Waals surface area contributed by atoms with Gasteiger partial charge in [0.1, 0.15) is 11.2 Å². The highest BCUT2D eigenvalue weighted by atomic mass is 32.1. The number of hydrogen-bond donors (Lipinski definition) is 0. The van der Waals surface area contributed by atoms with Gasteiger partial charge in [0.15, 0.2) is 0 Å². The Labute approximate surface area is 139 Å². The van der Waals surface area contributed by atoms with Crippen molar-refractivity contribution in [2.24, 2.45) is 0 Å². The number of fused-ring (bicyclic) bond motifs is 1. The van der Waals surface area contributed by atoms with Gasteiger partial charge in [-0.1, -0.05) is 12.1 Å². The molecule has 24 heavy (non-hydrogen) atoms. The third-order valence-electron chi connectivity index (χ3n) is 4.00. The summed E-state index contributed by atoms with van der Waals surface area (Å²) < 4.78 is 22.5. The molecule has 4 rings (SSSR count). The molecule has 6 nitrogen and oxygen atoms in total. The van der Waals surface area contributed by atoms with Gasteiger partial charge >= 0.3 is 5.69 Å². The van der Waals surface area contributed by atoms with Crippen LogP contribution in [0.25, 0.3) is 10.2 Å². The summed E-state index contributed by atoms with van der Waals surface area (Å²) in [4.78, 5) is 29.1. The van der Waals surface area contributed by atoms with E-state index in [1.165, 1.54) is 11.3 Å². The van der Waals surface area contributed by atoms with Crippen LogP contribution in [0.2, 0.25) is 0 Å². The van der Waals surface area contributed by atoms with Gasteiger partial charge in [-0.3, -0.25) is 13.9 Å². The average molecular weight is 347 g/mol. The number of thiazole rings is 1. The lowest BCUT2D eigenvalue weighted by Crippen LogP contribution is -2.42. The molecule has 3 heterocycles. The molecule has 1 saturated heterocycles. The number of halogens is 1.